The van der Waals surface area contributed by atoms with E-state index in [2.05, 4.69) is 62.0 Å². The Bertz CT molecular complexity index is 1410. The molecule has 37 heavy (non-hydrogen) atoms. The summed E-state index contributed by atoms with van der Waals surface area (Å²) in [7, 11) is 0. The van der Waals surface area contributed by atoms with Crippen molar-refractivity contribution in [2.45, 2.75) is 49.5 Å². The van der Waals surface area contributed by atoms with E-state index in [9.17, 15) is 9.59 Å². The van der Waals surface area contributed by atoms with Gasteiger partial charge in [0.15, 0.2) is 0 Å². The molecular weight excluding hydrogens is 577 g/mol. The highest BCUT2D eigenvalue weighted by molar-refractivity contribution is 14.1. The van der Waals surface area contributed by atoms with E-state index in [-0.39, 0.29) is 17.9 Å². The molecule has 5 rings (SSSR count). The summed E-state index contributed by atoms with van der Waals surface area (Å²) < 4.78 is 0.356. The number of nitrogens with zero attached hydrogens (tertiary/aromatic N) is 2. The van der Waals surface area contributed by atoms with Gasteiger partial charge in [0.25, 0.3) is 11.8 Å². The molecular formula is C29H30IN5O2. The van der Waals surface area contributed by atoms with Crippen LogP contribution in [0.2, 0.25) is 0 Å². The summed E-state index contributed by atoms with van der Waals surface area (Å²) in [6, 6.07) is 16.8. The summed E-state index contributed by atoms with van der Waals surface area (Å²) in [5.41, 5.74) is 4.71. The van der Waals surface area contributed by atoms with Gasteiger partial charge in [-0.1, -0.05) is 60.6 Å². The Kier molecular flexibility index (Phi) is 7.55. The number of carbonyl (C=O) groups excluding carboxylic acids is 2. The predicted octanol–water partition coefficient (Wildman–Crippen LogP) is 6.68. The minimum atomic E-state index is -0.220. The fourth-order valence-corrected chi connectivity index (χ4v) is 5.12. The van der Waals surface area contributed by atoms with Crippen LogP contribution in [-0.2, 0) is 0 Å². The van der Waals surface area contributed by atoms with Crippen molar-refractivity contribution >= 4 is 51.3 Å². The summed E-state index contributed by atoms with van der Waals surface area (Å²) in [6.45, 7) is 4.30. The first-order valence-electron chi connectivity index (χ1n) is 12.7. The number of pyridine rings is 1. The van der Waals surface area contributed by atoms with E-state index in [0.717, 1.165) is 35.0 Å². The number of halogens is 1. The summed E-state index contributed by atoms with van der Waals surface area (Å²) in [5.74, 6) is 1.45. The third kappa shape index (κ3) is 5.84. The Morgan fingerprint density at radius 3 is 2.46 bits per heavy atom. The van der Waals surface area contributed by atoms with Crippen LogP contribution in [0.1, 0.15) is 69.7 Å². The van der Waals surface area contributed by atoms with Crippen molar-refractivity contribution < 1.29 is 9.59 Å². The van der Waals surface area contributed by atoms with E-state index >= 15 is 0 Å². The maximum atomic E-state index is 12.9. The second-order valence-electron chi connectivity index (χ2n) is 9.78. The van der Waals surface area contributed by atoms with Gasteiger partial charge in [-0.15, -0.1) is 0 Å². The van der Waals surface area contributed by atoms with Crippen LogP contribution in [0.5, 0.6) is 0 Å². The highest BCUT2D eigenvalue weighted by Crippen LogP contribution is 2.26. The van der Waals surface area contributed by atoms with Crippen molar-refractivity contribution in [2.24, 2.45) is 5.92 Å². The van der Waals surface area contributed by atoms with Crippen LogP contribution >= 0.6 is 22.6 Å². The van der Waals surface area contributed by atoms with Crippen LogP contribution in [-0.4, -0.2) is 32.8 Å². The molecule has 3 unspecified atom stereocenters. The Hall–Kier alpha value is -3.27. The maximum Gasteiger partial charge on any atom is 0.256 e. The van der Waals surface area contributed by atoms with Crippen LogP contribution in [0.4, 0.5) is 5.82 Å². The molecule has 0 saturated heterocycles. The van der Waals surface area contributed by atoms with E-state index in [0.29, 0.717) is 32.6 Å². The lowest BCUT2D eigenvalue weighted by Gasteiger charge is -2.29. The number of alkyl halides is 1. The van der Waals surface area contributed by atoms with Gasteiger partial charge in [0.1, 0.15) is 11.6 Å². The molecule has 1 fully saturated rings. The molecule has 190 valence electrons. The largest absolute Gasteiger partial charge is 0.349 e. The molecule has 8 heteroatoms. The summed E-state index contributed by atoms with van der Waals surface area (Å²) in [5, 5.41) is 6.05. The van der Waals surface area contributed by atoms with E-state index in [1.807, 2.05) is 42.5 Å². The lowest BCUT2D eigenvalue weighted by molar-refractivity contribution is 0.0910. The molecule has 1 aliphatic rings. The van der Waals surface area contributed by atoms with Gasteiger partial charge >= 0.3 is 0 Å². The number of nitrogens with one attached hydrogen (secondary N) is 3. The zero-order valence-corrected chi connectivity index (χ0v) is 23.1. The third-order valence-electron chi connectivity index (χ3n) is 7.08. The first kappa shape index (κ1) is 25.4. The number of hydrogen-bond donors (Lipinski definition) is 3. The number of imidazole rings is 1. The van der Waals surface area contributed by atoms with Gasteiger partial charge in [0.2, 0.25) is 0 Å². The molecule has 1 saturated carbocycles. The predicted molar refractivity (Wildman–Crippen MR) is 155 cm³/mol. The van der Waals surface area contributed by atoms with Crippen molar-refractivity contribution in [3.63, 3.8) is 0 Å². The van der Waals surface area contributed by atoms with Gasteiger partial charge in [-0.3, -0.25) is 9.59 Å². The number of benzene rings is 2. The third-order valence-corrected chi connectivity index (χ3v) is 7.80. The molecule has 1 aliphatic carbocycles. The summed E-state index contributed by atoms with van der Waals surface area (Å²) in [4.78, 5) is 37.9. The molecule has 0 aliphatic heterocycles. The number of hydrogen-bond acceptors (Lipinski definition) is 4. The van der Waals surface area contributed by atoms with Crippen LogP contribution < -0.4 is 10.6 Å². The Morgan fingerprint density at radius 2 is 1.76 bits per heavy atom. The molecule has 7 nitrogen and oxygen atoms in total. The molecule has 3 atom stereocenters. The maximum absolute atomic E-state index is 12.9. The number of carbonyl (C=O) groups is 2. The second-order valence-corrected chi connectivity index (χ2v) is 11.7. The Balaban J connectivity index is 1.27. The van der Waals surface area contributed by atoms with Crippen molar-refractivity contribution in [3.8, 4) is 11.4 Å². The van der Waals surface area contributed by atoms with Gasteiger partial charge in [0, 0.05) is 32.9 Å². The molecule has 0 radical (unpaired) electrons. The lowest BCUT2D eigenvalue weighted by Crippen LogP contribution is -2.41. The fraction of sp³-hybridized carbons (Fsp3) is 0.310. The number of rotatable bonds is 6. The normalized spacial score (nSPS) is 18.4. The van der Waals surface area contributed by atoms with Crippen LogP contribution in [0.25, 0.3) is 22.4 Å². The van der Waals surface area contributed by atoms with Crippen molar-refractivity contribution in [3.05, 3.63) is 77.5 Å². The molecule has 2 aromatic carbocycles. The Morgan fingerprint density at radius 1 is 1.00 bits per heavy atom. The van der Waals surface area contributed by atoms with Gasteiger partial charge in [-0.05, 0) is 67.6 Å². The number of amides is 2. The van der Waals surface area contributed by atoms with Crippen LogP contribution in [0.15, 0.2) is 60.8 Å². The first-order valence-corrected chi connectivity index (χ1v) is 13.9. The van der Waals surface area contributed by atoms with Gasteiger partial charge in [-0.25, -0.2) is 9.97 Å². The van der Waals surface area contributed by atoms with Crippen LogP contribution in [0.3, 0.4) is 0 Å². The van der Waals surface area contributed by atoms with E-state index in [4.69, 9.17) is 0 Å². The molecule has 3 N–H and O–H groups in total. The zero-order chi connectivity index (χ0) is 25.9. The standard InChI is InChI=1S/C29H30IN5O2/c1-17-5-3-4-6-23(17)34-29(37)21-11-13-24-25(15-21)33-27(32-24)19-7-9-20(10-8-19)28(36)35-26-14-12-22(16-31-26)18(2)30/h7-18,23H,3-6H2,1-2H3,(H,32,33)(H,34,37)(H,31,35,36). The SMILES string of the molecule is CC(I)c1ccc(NC(=O)c2ccc(-c3nc4ccc(C(=O)NC5CCCCC5C)cc4[nH]3)cc2)nc1. The van der Waals surface area contributed by atoms with E-state index < -0.39 is 0 Å². The average Bonchev–Trinajstić information content (AvgIpc) is 3.34. The fourth-order valence-electron chi connectivity index (χ4n) is 4.75. The van der Waals surface area contributed by atoms with Gasteiger partial charge in [-0.2, -0.15) is 0 Å². The minimum Gasteiger partial charge on any atom is -0.349 e. The first-order chi connectivity index (χ1) is 17.9. The zero-order valence-electron chi connectivity index (χ0n) is 20.9. The van der Waals surface area contributed by atoms with Crippen molar-refractivity contribution in [2.75, 3.05) is 5.32 Å². The number of aromatic amines is 1. The van der Waals surface area contributed by atoms with Crippen molar-refractivity contribution in [1.82, 2.24) is 20.3 Å². The quantitative estimate of drug-likeness (QED) is 0.168. The number of anilines is 1. The molecule has 0 spiro atoms. The molecule has 4 aromatic rings. The number of H-pyrrole nitrogens is 1. The van der Waals surface area contributed by atoms with E-state index in [1.165, 1.54) is 12.8 Å². The number of fused-ring (bicyclic) bond motifs is 1. The average molecular weight is 607 g/mol. The molecule has 2 heterocycles. The van der Waals surface area contributed by atoms with Crippen molar-refractivity contribution in [1.29, 1.82) is 0 Å². The van der Waals surface area contributed by atoms with Crippen LogP contribution in [0, 0.1) is 5.92 Å². The molecule has 2 amide bonds. The second kappa shape index (κ2) is 11.0. The van der Waals surface area contributed by atoms with Gasteiger partial charge in [0.05, 0.1) is 11.0 Å². The summed E-state index contributed by atoms with van der Waals surface area (Å²) >= 11 is 2.33. The molecule has 0 bridgehead atoms. The van der Waals surface area contributed by atoms with E-state index in [1.54, 1.807) is 18.3 Å². The molecule has 2 aromatic heterocycles. The Labute approximate surface area is 230 Å². The minimum absolute atomic E-state index is 0.0416. The monoisotopic (exact) mass is 607 g/mol. The van der Waals surface area contributed by atoms with Gasteiger partial charge < -0.3 is 15.6 Å². The number of aromatic nitrogens is 3. The lowest BCUT2D eigenvalue weighted by atomic mass is 9.86. The topological polar surface area (TPSA) is 99.8 Å². The highest BCUT2D eigenvalue weighted by atomic mass is 127. The smallest absolute Gasteiger partial charge is 0.256 e. The summed E-state index contributed by atoms with van der Waals surface area (Å²) in [6.07, 6.45) is 6.39. The highest BCUT2D eigenvalue weighted by Gasteiger charge is 2.23.